The zero-order valence-corrected chi connectivity index (χ0v) is 9.63. The minimum absolute atomic E-state index is 0.0625. The van der Waals surface area contributed by atoms with Gasteiger partial charge in [0.05, 0.1) is 15.9 Å². The molecule has 1 aliphatic rings. The molecule has 17 heavy (non-hydrogen) atoms. The van der Waals surface area contributed by atoms with E-state index >= 15 is 0 Å². The minimum atomic E-state index is -3.53. The van der Waals surface area contributed by atoms with Gasteiger partial charge in [-0.3, -0.25) is 10.1 Å². The number of non-ortho nitro benzene ring substituents is 1. The molecule has 2 atom stereocenters. The highest BCUT2D eigenvalue weighted by Crippen LogP contribution is 2.29. The molecule has 0 radical (unpaired) electrons. The summed E-state index contributed by atoms with van der Waals surface area (Å²) in [5.74, 6) is 0. The monoisotopic (exact) mass is 254 g/mol. The van der Waals surface area contributed by atoms with Crippen molar-refractivity contribution in [2.75, 3.05) is 6.54 Å². The lowest BCUT2D eigenvalue weighted by Crippen LogP contribution is -2.13. The lowest BCUT2D eigenvalue weighted by Gasteiger charge is -2.04. The molecule has 6 nitrogen and oxygen atoms in total. The van der Waals surface area contributed by atoms with Crippen molar-refractivity contribution >= 4 is 15.7 Å². The first kappa shape index (κ1) is 11.7. The van der Waals surface area contributed by atoms with Crippen molar-refractivity contribution in [1.29, 1.82) is 0 Å². The molecule has 1 aromatic carbocycles. The van der Waals surface area contributed by atoms with Gasteiger partial charge in [-0.15, -0.1) is 6.58 Å². The van der Waals surface area contributed by atoms with E-state index in [0.717, 1.165) is 0 Å². The first-order valence-corrected chi connectivity index (χ1v) is 6.29. The van der Waals surface area contributed by atoms with Gasteiger partial charge in [-0.2, -0.15) is 4.31 Å². The second-order valence-electron chi connectivity index (χ2n) is 3.63. The van der Waals surface area contributed by atoms with Crippen LogP contribution in [0.2, 0.25) is 0 Å². The van der Waals surface area contributed by atoms with Crippen LogP contribution in [0.15, 0.2) is 41.8 Å². The average molecular weight is 254 g/mol. The summed E-state index contributed by atoms with van der Waals surface area (Å²) < 4.78 is 25.2. The van der Waals surface area contributed by atoms with Gasteiger partial charge in [0.2, 0.25) is 10.0 Å². The number of hydrogen-bond donors (Lipinski definition) is 0. The molecule has 90 valence electrons. The summed E-state index contributed by atoms with van der Waals surface area (Å²) in [7, 11) is -3.53. The fourth-order valence-electron chi connectivity index (χ4n) is 1.48. The van der Waals surface area contributed by atoms with Gasteiger partial charge in [0.1, 0.15) is 0 Å². The largest absolute Gasteiger partial charge is 0.269 e. The van der Waals surface area contributed by atoms with Gasteiger partial charge >= 0.3 is 0 Å². The van der Waals surface area contributed by atoms with E-state index in [2.05, 4.69) is 6.58 Å². The Morgan fingerprint density at radius 3 is 2.41 bits per heavy atom. The van der Waals surface area contributed by atoms with Crippen molar-refractivity contribution < 1.29 is 13.3 Å². The first-order chi connectivity index (χ1) is 7.96. The molecule has 0 saturated carbocycles. The van der Waals surface area contributed by atoms with Crippen LogP contribution >= 0.6 is 0 Å². The molecule has 0 bridgehead atoms. The van der Waals surface area contributed by atoms with Crippen LogP contribution in [0.1, 0.15) is 0 Å². The van der Waals surface area contributed by atoms with Crippen molar-refractivity contribution in [3.05, 3.63) is 47.0 Å². The molecule has 1 aromatic rings. The summed E-state index contributed by atoms with van der Waals surface area (Å²) in [5, 5.41) is 10.4. The SMILES string of the molecule is C=C[C@@H]1CN1S(=O)(=O)c1ccc([N+](=O)[O-])cc1. The number of nitro benzene ring substituents is 1. The minimum Gasteiger partial charge on any atom is -0.258 e. The van der Waals surface area contributed by atoms with Gasteiger partial charge in [-0.05, 0) is 12.1 Å². The van der Waals surface area contributed by atoms with Crippen molar-refractivity contribution in [2.24, 2.45) is 0 Å². The van der Waals surface area contributed by atoms with E-state index in [1.165, 1.54) is 28.6 Å². The summed E-state index contributed by atoms with van der Waals surface area (Å²) in [6.07, 6.45) is 1.56. The molecular weight excluding hydrogens is 244 g/mol. The van der Waals surface area contributed by atoms with Crippen LogP contribution in [0, 0.1) is 10.1 Å². The van der Waals surface area contributed by atoms with Crippen LogP contribution in [-0.4, -0.2) is 30.2 Å². The highest BCUT2D eigenvalue weighted by atomic mass is 32.2. The van der Waals surface area contributed by atoms with Crippen LogP contribution < -0.4 is 0 Å². The van der Waals surface area contributed by atoms with Gasteiger partial charge in [0.15, 0.2) is 0 Å². The maximum absolute atomic E-state index is 12.0. The Hall–Kier alpha value is -1.73. The average Bonchev–Trinajstić information content (AvgIpc) is 3.09. The van der Waals surface area contributed by atoms with E-state index in [-0.39, 0.29) is 16.6 Å². The smallest absolute Gasteiger partial charge is 0.258 e. The fraction of sp³-hybridized carbons (Fsp3) is 0.200. The Kier molecular flexibility index (Phi) is 2.72. The summed E-state index contributed by atoms with van der Waals surface area (Å²) in [4.78, 5) is 9.93. The lowest BCUT2D eigenvalue weighted by atomic mass is 10.3. The third-order valence-electron chi connectivity index (χ3n) is 2.53. The number of sulfonamides is 1. The zero-order chi connectivity index (χ0) is 12.6. The predicted octanol–water partition coefficient (Wildman–Crippen LogP) is 1.15. The fourth-order valence-corrected chi connectivity index (χ4v) is 3.02. The quantitative estimate of drug-likeness (QED) is 0.349. The van der Waals surface area contributed by atoms with Crippen LogP contribution in [0.5, 0.6) is 0 Å². The summed E-state index contributed by atoms with van der Waals surface area (Å²) >= 11 is 0. The van der Waals surface area contributed by atoms with Crippen molar-refractivity contribution in [2.45, 2.75) is 10.9 Å². The second kappa shape index (κ2) is 3.94. The molecule has 1 heterocycles. The van der Waals surface area contributed by atoms with E-state index in [9.17, 15) is 18.5 Å². The van der Waals surface area contributed by atoms with Crippen molar-refractivity contribution in [3.8, 4) is 0 Å². The van der Waals surface area contributed by atoms with Gasteiger partial charge in [-0.25, -0.2) is 8.42 Å². The summed E-state index contributed by atoms with van der Waals surface area (Å²) in [6.45, 7) is 3.94. The van der Waals surface area contributed by atoms with Gasteiger partial charge in [-0.1, -0.05) is 6.08 Å². The highest BCUT2D eigenvalue weighted by Gasteiger charge is 2.42. The van der Waals surface area contributed by atoms with Gasteiger partial charge < -0.3 is 0 Å². The molecule has 0 aliphatic carbocycles. The highest BCUT2D eigenvalue weighted by molar-refractivity contribution is 7.89. The third-order valence-corrected chi connectivity index (χ3v) is 4.43. The second-order valence-corrected chi connectivity index (χ2v) is 5.52. The van der Waals surface area contributed by atoms with Crippen molar-refractivity contribution in [3.63, 3.8) is 0 Å². The Bertz CT molecular complexity index is 564. The number of nitro groups is 1. The number of hydrogen-bond acceptors (Lipinski definition) is 4. The number of nitrogens with zero attached hydrogens (tertiary/aromatic N) is 2. The van der Waals surface area contributed by atoms with E-state index in [1.54, 1.807) is 6.08 Å². The lowest BCUT2D eigenvalue weighted by molar-refractivity contribution is -0.384. The summed E-state index contributed by atoms with van der Waals surface area (Å²) in [5.41, 5.74) is -0.130. The summed E-state index contributed by atoms with van der Waals surface area (Å²) in [6, 6.07) is 4.69. The van der Waals surface area contributed by atoms with Gasteiger partial charge in [0, 0.05) is 18.7 Å². The van der Waals surface area contributed by atoms with Crippen LogP contribution in [0.3, 0.4) is 0 Å². The maximum atomic E-state index is 12.0. The molecular formula is C10H10N2O4S. The molecule has 1 saturated heterocycles. The normalized spacial score (nSPS) is 23.1. The Morgan fingerprint density at radius 1 is 1.41 bits per heavy atom. The Balaban J connectivity index is 2.29. The number of rotatable bonds is 4. The molecule has 0 aromatic heterocycles. The molecule has 0 N–H and O–H groups in total. The molecule has 1 aliphatic heterocycles. The van der Waals surface area contributed by atoms with E-state index in [0.29, 0.717) is 6.54 Å². The van der Waals surface area contributed by atoms with Crippen molar-refractivity contribution in [1.82, 2.24) is 4.31 Å². The Labute approximate surface area is 98.4 Å². The molecule has 0 spiro atoms. The van der Waals surface area contributed by atoms with Gasteiger partial charge in [0.25, 0.3) is 5.69 Å². The topological polar surface area (TPSA) is 80.3 Å². The Morgan fingerprint density at radius 2 is 2.00 bits per heavy atom. The van der Waals surface area contributed by atoms with E-state index in [4.69, 9.17) is 0 Å². The molecule has 7 heteroatoms. The predicted molar refractivity (Wildman–Crippen MR) is 61.0 cm³/mol. The van der Waals surface area contributed by atoms with Crippen LogP contribution in [0.25, 0.3) is 0 Å². The first-order valence-electron chi connectivity index (χ1n) is 4.85. The standard InChI is InChI=1S/C10H10N2O4S/c1-2-8-7-11(8)17(15,16)10-5-3-9(4-6-10)12(13)14/h2-6,8H,1,7H2/t8-,11?/m1/s1. The van der Waals surface area contributed by atoms with E-state index in [1.807, 2.05) is 0 Å². The molecule has 0 amide bonds. The molecule has 1 unspecified atom stereocenters. The van der Waals surface area contributed by atoms with Crippen LogP contribution in [-0.2, 0) is 10.0 Å². The third kappa shape index (κ3) is 2.06. The maximum Gasteiger partial charge on any atom is 0.269 e. The molecule has 2 rings (SSSR count). The zero-order valence-electron chi connectivity index (χ0n) is 8.81. The molecule has 1 fully saturated rings. The van der Waals surface area contributed by atoms with E-state index < -0.39 is 14.9 Å². The number of benzene rings is 1. The van der Waals surface area contributed by atoms with Crippen LogP contribution in [0.4, 0.5) is 5.69 Å².